The Bertz CT molecular complexity index is 1330. The van der Waals surface area contributed by atoms with E-state index in [0.29, 0.717) is 17.0 Å². The Labute approximate surface area is 245 Å². The van der Waals surface area contributed by atoms with E-state index in [9.17, 15) is 14.2 Å². The van der Waals surface area contributed by atoms with Crippen LogP contribution in [0.1, 0.15) is 56.7 Å². The van der Waals surface area contributed by atoms with Crippen molar-refractivity contribution in [3.63, 3.8) is 0 Å². The molecule has 2 atom stereocenters. The van der Waals surface area contributed by atoms with Crippen LogP contribution in [0.3, 0.4) is 0 Å². The van der Waals surface area contributed by atoms with Gasteiger partial charge in [0.2, 0.25) is 0 Å². The molecule has 4 rings (SSSR count). The van der Waals surface area contributed by atoms with Crippen molar-refractivity contribution < 1.29 is 32.5 Å². The Morgan fingerprint density at radius 2 is 1.46 bits per heavy atom. The van der Waals surface area contributed by atoms with Crippen LogP contribution in [0.15, 0.2) is 84.9 Å². The van der Waals surface area contributed by atoms with Gasteiger partial charge in [-0.3, -0.25) is 18.4 Å². The summed E-state index contributed by atoms with van der Waals surface area (Å²) in [4.78, 5) is 27.2. The second kappa shape index (κ2) is 13.3. The first-order chi connectivity index (χ1) is 19.5. The molecule has 1 N–H and O–H groups in total. The highest BCUT2D eigenvalue weighted by molar-refractivity contribution is 7.48. The number of hydrogen-bond acceptors (Lipinski definition) is 7. The predicted octanol–water partition coefficient (Wildman–Crippen LogP) is 7.74. The van der Waals surface area contributed by atoms with E-state index in [4.69, 9.17) is 29.9 Å². The lowest BCUT2D eigenvalue weighted by Crippen LogP contribution is -2.58. The molecular formula is C31H35ClNO7P. The number of alkyl carbamates (subject to hydrolysis) is 1. The molecule has 0 heterocycles. The summed E-state index contributed by atoms with van der Waals surface area (Å²) in [7, 11) is -4.28. The molecule has 1 amide bonds. The van der Waals surface area contributed by atoms with Gasteiger partial charge in [-0.1, -0.05) is 90.5 Å². The van der Waals surface area contributed by atoms with Crippen LogP contribution >= 0.6 is 19.4 Å². The van der Waals surface area contributed by atoms with Crippen LogP contribution < -0.4 is 5.32 Å². The number of carbonyl (C=O) groups is 2. The Balaban J connectivity index is 1.63. The molecular weight excluding hydrogens is 565 g/mol. The number of carbonyl (C=O) groups excluding carboxylic acids is 2. The minimum Gasteiger partial charge on any atom is -0.444 e. The van der Waals surface area contributed by atoms with Crippen LogP contribution in [0.25, 0.3) is 0 Å². The summed E-state index contributed by atoms with van der Waals surface area (Å²) in [6.45, 7) is 5.08. The number of hydrogen-bond donors (Lipinski definition) is 1. The highest BCUT2D eigenvalue weighted by atomic mass is 35.5. The maximum Gasteiger partial charge on any atom is 0.476 e. The Hall–Kier alpha value is -3.00. The number of ether oxygens (including phenoxy) is 1. The maximum absolute atomic E-state index is 14.2. The monoisotopic (exact) mass is 599 g/mol. The number of halogens is 1. The van der Waals surface area contributed by atoms with E-state index >= 15 is 0 Å². The van der Waals surface area contributed by atoms with Gasteiger partial charge < -0.3 is 10.1 Å². The first-order valence-corrected chi connectivity index (χ1v) is 15.3. The molecule has 1 fully saturated rings. The average molecular weight is 600 g/mol. The van der Waals surface area contributed by atoms with Crippen LogP contribution in [0.5, 0.6) is 0 Å². The topological polar surface area (TPSA) is 100 Å². The van der Waals surface area contributed by atoms with Gasteiger partial charge in [0.25, 0.3) is 0 Å². The maximum atomic E-state index is 14.2. The largest absolute Gasteiger partial charge is 0.476 e. The first kappa shape index (κ1) is 30.9. The molecule has 218 valence electrons. The molecule has 0 saturated heterocycles. The van der Waals surface area contributed by atoms with Gasteiger partial charge in [-0.05, 0) is 57.2 Å². The smallest absolute Gasteiger partial charge is 0.444 e. The van der Waals surface area contributed by atoms with Crippen LogP contribution in [0.2, 0.25) is 5.02 Å². The van der Waals surface area contributed by atoms with Crippen molar-refractivity contribution in [1.82, 2.24) is 5.32 Å². The molecule has 0 aromatic heterocycles. The molecule has 0 spiro atoms. The van der Waals surface area contributed by atoms with Gasteiger partial charge in [0.15, 0.2) is 5.78 Å². The summed E-state index contributed by atoms with van der Waals surface area (Å²) in [5.41, 5.74) is -0.465. The molecule has 0 aliphatic heterocycles. The molecule has 0 radical (unpaired) electrons. The van der Waals surface area contributed by atoms with Gasteiger partial charge in [0, 0.05) is 10.6 Å². The number of ketones is 1. The zero-order chi connectivity index (χ0) is 29.5. The van der Waals surface area contributed by atoms with Crippen molar-refractivity contribution in [1.29, 1.82) is 0 Å². The standard InChI is InChI=1S/C31H35ClNO7P/c1-30(2,3)39-29(35)33-31(25-17-10-11-18-26(25)32)20-12-19-27(28(31)34)40-41(36,37-21-23-13-6-4-7-14-23)38-22-24-15-8-5-9-16-24/h4-11,13-18,27H,12,19-22H2,1-3H3,(H,33,35)/t27-,31-/m1/s1. The van der Waals surface area contributed by atoms with Crippen molar-refractivity contribution in [2.75, 3.05) is 0 Å². The molecule has 1 saturated carbocycles. The van der Waals surface area contributed by atoms with Gasteiger partial charge in [0.05, 0.1) is 13.2 Å². The van der Waals surface area contributed by atoms with Gasteiger partial charge in [0.1, 0.15) is 17.2 Å². The van der Waals surface area contributed by atoms with E-state index in [0.717, 1.165) is 11.1 Å². The third kappa shape index (κ3) is 8.28. The minimum atomic E-state index is -4.28. The average Bonchev–Trinajstić information content (AvgIpc) is 2.94. The first-order valence-electron chi connectivity index (χ1n) is 13.5. The summed E-state index contributed by atoms with van der Waals surface area (Å²) in [5.74, 6) is -0.519. The lowest BCUT2D eigenvalue weighted by molar-refractivity contribution is -0.137. The summed E-state index contributed by atoms with van der Waals surface area (Å²) >= 11 is 6.56. The van der Waals surface area contributed by atoms with Gasteiger partial charge in [-0.2, -0.15) is 0 Å². The number of amides is 1. The number of phosphoric ester groups is 1. The van der Waals surface area contributed by atoms with Crippen molar-refractivity contribution in [2.24, 2.45) is 0 Å². The summed E-state index contributed by atoms with van der Waals surface area (Å²) < 4.78 is 37.0. The molecule has 10 heteroatoms. The predicted molar refractivity (Wildman–Crippen MR) is 156 cm³/mol. The molecule has 41 heavy (non-hydrogen) atoms. The van der Waals surface area contributed by atoms with Crippen molar-refractivity contribution in [2.45, 2.75) is 70.5 Å². The molecule has 1 aliphatic carbocycles. The van der Waals surface area contributed by atoms with E-state index in [2.05, 4.69) is 5.32 Å². The number of Topliss-reactive ketones (excluding diaryl/α,β-unsaturated/α-hetero) is 1. The molecule has 8 nitrogen and oxygen atoms in total. The van der Waals surface area contributed by atoms with Crippen LogP contribution in [0.4, 0.5) is 4.79 Å². The summed E-state index contributed by atoms with van der Waals surface area (Å²) in [6.07, 6.45) is -1.06. The fraction of sp³-hybridized carbons (Fsp3) is 0.355. The zero-order valence-electron chi connectivity index (χ0n) is 23.4. The third-order valence-electron chi connectivity index (χ3n) is 6.50. The fourth-order valence-electron chi connectivity index (χ4n) is 4.64. The lowest BCUT2D eigenvalue weighted by atomic mass is 9.74. The normalized spacial score (nSPS) is 19.5. The van der Waals surface area contributed by atoms with Gasteiger partial charge >= 0.3 is 13.9 Å². The number of nitrogens with one attached hydrogen (secondary N) is 1. The van der Waals surface area contributed by atoms with Crippen molar-refractivity contribution in [3.05, 3.63) is 107 Å². The molecule has 1 aliphatic rings. The van der Waals surface area contributed by atoms with Crippen LogP contribution in [-0.2, 0) is 46.4 Å². The van der Waals surface area contributed by atoms with E-state index in [1.54, 1.807) is 45.0 Å². The van der Waals surface area contributed by atoms with Crippen molar-refractivity contribution in [3.8, 4) is 0 Å². The quantitative estimate of drug-likeness (QED) is 0.238. The third-order valence-corrected chi connectivity index (χ3v) is 8.23. The van der Waals surface area contributed by atoms with E-state index in [-0.39, 0.29) is 26.1 Å². The second-order valence-electron chi connectivity index (χ2n) is 10.8. The highest BCUT2D eigenvalue weighted by Crippen LogP contribution is 2.54. The Kier molecular flexibility index (Phi) is 10.1. The highest BCUT2D eigenvalue weighted by Gasteiger charge is 2.51. The Morgan fingerprint density at radius 3 is 2.00 bits per heavy atom. The summed E-state index contributed by atoms with van der Waals surface area (Å²) in [5, 5.41) is 3.07. The zero-order valence-corrected chi connectivity index (χ0v) is 25.0. The van der Waals surface area contributed by atoms with Gasteiger partial charge in [-0.15, -0.1) is 0 Å². The van der Waals surface area contributed by atoms with Crippen molar-refractivity contribution >= 4 is 31.3 Å². The Morgan fingerprint density at radius 1 is 0.927 bits per heavy atom. The summed E-state index contributed by atoms with van der Waals surface area (Å²) in [6, 6.07) is 25.1. The van der Waals surface area contributed by atoms with E-state index in [1.165, 1.54) is 0 Å². The van der Waals surface area contributed by atoms with Crippen LogP contribution in [0, 0.1) is 0 Å². The number of phosphoric acid groups is 1. The van der Waals surface area contributed by atoms with E-state index < -0.39 is 36.9 Å². The molecule has 3 aromatic rings. The van der Waals surface area contributed by atoms with Crippen LogP contribution in [-0.4, -0.2) is 23.6 Å². The van der Waals surface area contributed by atoms with E-state index in [1.807, 2.05) is 60.7 Å². The fourth-order valence-corrected chi connectivity index (χ4v) is 6.26. The molecule has 3 aromatic carbocycles. The SMILES string of the molecule is CC(C)(C)OC(=O)N[C@@]1(c2ccccc2Cl)CCC[C@@H](OP(=O)(OCc2ccccc2)OCc2ccccc2)C1=O. The lowest BCUT2D eigenvalue weighted by Gasteiger charge is -2.41. The molecule has 0 unspecified atom stereocenters. The molecule has 0 bridgehead atoms. The van der Waals surface area contributed by atoms with Gasteiger partial charge in [-0.25, -0.2) is 9.36 Å². The second-order valence-corrected chi connectivity index (χ2v) is 12.9. The number of rotatable bonds is 10. The number of benzene rings is 3. The minimum absolute atomic E-state index is 0.0559.